The highest BCUT2D eigenvalue weighted by atomic mass is 16.2. The Bertz CT molecular complexity index is 396. The predicted molar refractivity (Wildman–Crippen MR) is 63.1 cm³/mol. The van der Waals surface area contributed by atoms with E-state index in [0.717, 1.165) is 5.69 Å². The molecule has 0 aliphatic carbocycles. The second kappa shape index (κ2) is 5.78. The zero-order valence-electron chi connectivity index (χ0n) is 9.37. The number of benzene rings is 1. The number of rotatable bonds is 4. The minimum atomic E-state index is -0.195. The number of anilines is 1. The summed E-state index contributed by atoms with van der Waals surface area (Å²) in [5, 5.41) is 3.29. The van der Waals surface area contributed by atoms with Crippen LogP contribution in [0.25, 0.3) is 10.4 Å². The van der Waals surface area contributed by atoms with Crippen molar-refractivity contribution in [1.82, 2.24) is 0 Å². The number of amides is 1. The van der Waals surface area contributed by atoms with Gasteiger partial charge in [0.15, 0.2) is 0 Å². The number of hydrogen-bond donors (Lipinski definition) is 0. The van der Waals surface area contributed by atoms with Crippen LogP contribution < -0.4 is 4.90 Å². The van der Waals surface area contributed by atoms with Crippen LogP contribution in [0.3, 0.4) is 0 Å². The minimum absolute atomic E-state index is 0.0313. The third-order valence-corrected chi connectivity index (χ3v) is 2.09. The number of carbonyl (C=O) groups is 1. The van der Waals surface area contributed by atoms with Crippen molar-refractivity contribution >= 4 is 11.6 Å². The van der Waals surface area contributed by atoms with E-state index in [9.17, 15) is 4.79 Å². The topological polar surface area (TPSA) is 69.1 Å². The van der Waals surface area contributed by atoms with E-state index in [4.69, 9.17) is 5.53 Å². The Balaban J connectivity index is 2.92. The molecule has 0 saturated heterocycles. The van der Waals surface area contributed by atoms with Crippen LogP contribution in [0.1, 0.15) is 13.8 Å². The van der Waals surface area contributed by atoms with Crippen molar-refractivity contribution in [2.45, 2.75) is 19.9 Å². The fourth-order valence-electron chi connectivity index (χ4n) is 1.49. The van der Waals surface area contributed by atoms with Crippen LogP contribution in [0.4, 0.5) is 5.69 Å². The standard InChI is InChI=1S/C11H14N4O/c1-9(2)15(11(16)8-13-14-12)10-6-4-3-5-7-10/h3-7,9H,8H2,1-2H3. The minimum Gasteiger partial charge on any atom is -0.310 e. The van der Waals surface area contributed by atoms with E-state index in [1.54, 1.807) is 4.90 Å². The van der Waals surface area contributed by atoms with Crippen LogP contribution in [0, 0.1) is 0 Å². The van der Waals surface area contributed by atoms with Crippen molar-refractivity contribution in [2.75, 3.05) is 11.4 Å². The van der Waals surface area contributed by atoms with Crippen LogP contribution in [0.5, 0.6) is 0 Å². The van der Waals surface area contributed by atoms with Crippen LogP contribution in [0.15, 0.2) is 35.4 Å². The molecule has 0 heterocycles. The molecular formula is C11H14N4O. The van der Waals surface area contributed by atoms with E-state index < -0.39 is 0 Å². The molecule has 0 radical (unpaired) electrons. The smallest absolute Gasteiger partial charge is 0.233 e. The molecular weight excluding hydrogens is 204 g/mol. The maximum absolute atomic E-state index is 11.8. The molecule has 0 atom stereocenters. The first kappa shape index (κ1) is 12.1. The van der Waals surface area contributed by atoms with Gasteiger partial charge in [0, 0.05) is 16.6 Å². The number of para-hydroxylation sites is 1. The normalized spacial score (nSPS) is 9.69. The van der Waals surface area contributed by atoms with Crippen LogP contribution in [-0.4, -0.2) is 18.5 Å². The number of nitrogens with zero attached hydrogens (tertiary/aromatic N) is 4. The van der Waals surface area contributed by atoms with Crippen molar-refractivity contribution in [3.05, 3.63) is 40.8 Å². The fourth-order valence-corrected chi connectivity index (χ4v) is 1.49. The molecule has 0 spiro atoms. The number of azide groups is 1. The van der Waals surface area contributed by atoms with Gasteiger partial charge in [0.05, 0.1) is 0 Å². The van der Waals surface area contributed by atoms with Gasteiger partial charge in [-0.15, -0.1) is 0 Å². The molecule has 0 saturated carbocycles. The molecule has 0 aromatic heterocycles. The van der Waals surface area contributed by atoms with Gasteiger partial charge in [-0.05, 0) is 31.5 Å². The average Bonchev–Trinajstić information content (AvgIpc) is 2.27. The van der Waals surface area contributed by atoms with Crippen molar-refractivity contribution in [1.29, 1.82) is 0 Å². The van der Waals surface area contributed by atoms with Gasteiger partial charge in [-0.1, -0.05) is 23.3 Å². The summed E-state index contributed by atoms with van der Waals surface area (Å²) in [5.41, 5.74) is 9.01. The SMILES string of the molecule is CC(C)N(C(=O)CN=[N+]=[N-])c1ccccc1. The molecule has 0 fully saturated rings. The first-order chi connectivity index (χ1) is 7.66. The van der Waals surface area contributed by atoms with Gasteiger partial charge in [-0.3, -0.25) is 4.79 Å². The van der Waals surface area contributed by atoms with Crippen molar-refractivity contribution in [3.8, 4) is 0 Å². The number of carbonyl (C=O) groups excluding carboxylic acids is 1. The van der Waals surface area contributed by atoms with Crippen molar-refractivity contribution < 1.29 is 4.79 Å². The zero-order valence-corrected chi connectivity index (χ0v) is 9.37. The third-order valence-electron chi connectivity index (χ3n) is 2.09. The molecule has 16 heavy (non-hydrogen) atoms. The lowest BCUT2D eigenvalue weighted by molar-refractivity contribution is -0.117. The molecule has 1 rings (SSSR count). The van der Waals surface area contributed by atoms with E-state index in [1.165, 1.54) is 0 Å². The van der Waals surface area contributed by atoms with Crippen LogP contribution in [0.2, 0.25) is 0 Å². The van der Waals surface area contributed by atoms with E-state index in [0.29, 0.717) is 0 Å². The highest BCUT2D eigenvalue weighted by Crippen LogP contribution is 2.16. The Hall–Kier alpha value is -2.00. The lowest BCUT2D eigenvalue weighted by atomic mass is 10.2. The molecule has 1 amide bonds. The summed E-state index contributed by atoms with van der Waals surface area (Å²) < 4.78 is 0. The van der Waals surface area contributed by atoms with Crippen LogP contribution in [-0.2, 0) is 4.79 Å². The van der Waals surface area contributed by atoms with E-state index >= 15 is 0 Å². The first-order valence-corrected chi connectivity index (χ1v) is 5.04. The molecule has 0 aliphatic rings. The van der Waals surface area contributed by atoms with Gasteiger partial charge >= 0.3 is 0 Å². The summed E-state index contributed by atoms with van der Waals surface area (Å²) in [6.07, 6.45) is 0. The molecule has 5 heteroatoms. The lowest BCUT2D eigenvalue weighted by Gasteiger charge is -2.26. The second-order valence-electron chi connectivity index (χ2n) is 3.58. The van der Waals surface area contributed by atoms with Gasteiger partial charge in [0.2, 0.25) is 5.91 Å². The molecule has 1 aromatic rings. The van der Waals surface area contributed by atoms with E-state index in [2.05, 4.69) is 10.0 Å². The maximum Gasteiger partial charge on any atom is 0.233 e. The molecule has 1 aromatic carbocycles. The van der Waals surface area contributed by atoms with Gasteiger partial charge in [-0.25, -0.2) is 0 Å². The Labute approximate surface area is 94.3 Å². The Kier molecular flexibility index (Phi) is 4.36. The van der Waals surface area contributed by atoms with Gasteiger partial charge in [-0.2, -0.15) is 0 Å². The Morgan fingerprint density at radius 1 is 1.44 bits per heavy atom. The Morgan fingerprint density at radius 3 is 2.56 bits per heavy atom. The molecule has 0 aliphatic heterocycles. The van der Waals surface area contributed by atoms with Crippen molar-refractivity contribution in [3.63, 3.8) is 0 Å². The summed E-state index contributed by atoms with van der Waals surface area (Å²) >= 11 is 0. The summed E-state index contributed by atoms with van der Waals surface area (Å²) in [7, 11) is 0. The van der Waals surface area contributed by atoms with Gasteiger partial charge < -0.3 is 4.90 Å². The summed E-state index contributed by atoms with van der Waals surface area (Å²) in [5.74, 6) is -0.195. The lowest BCUT2D eigenvalue weighted by Crippen LogP contribution is -2.38. The molecule has 0 bridgehead atoms. The molecule has 0 unspecified atom stereocenters. The molecule has 84 valence electrons. The zero-order chi connectivity index (χ0) is 12.0. The fraction of sp³-hybridized carbons (Fsp3) is 0.364. The maximum atomic E-state index is 11.8. The highest BCUT2D eigenvalue weighted by molar-refractivity contribution is 5.95. The summed E-state index contributed by atoms with van der Waals surface area (Å²) in [6, 6.07) is 9.36. The largest absolute Gasteiger partial charge is 0.310 e. The predicted octanol–water partition coefficient (Wildman–Crippen LogP) is 2.74. The summed E-state index contributed by atoms with van der Waals surface area (Å²) in [6.45, 7) is 3.69. The van der Waals surface area contributed by atoms with Crippen molar-refractivity contribution in [2.24, 2.45) is 5.11 Å². The molecule has 5 nitrogen and oxygen atoms in total. The quantitative estimate of drug-likeness (QED) is 0.435. The summed E-state index contributed by atoms with van der Waals surface area (Å²) in [4.78, 5) is 16.0. The highest BCUT2D eigenvalue weighted by Gasteiger charge is 2.17. The third kappa shape index (κ3) is 3.00. The van der Waals surface area contributed by atoms with Crippen LogP contribution >= 0.6 is 0 Å². The number of hydrogen-bond acceptors (Lipinski definition) is 2. The van der Waals surface area contributed by atoms with E-state index in [1.807, 2.05) is 44.2 Å². The van der Waals surface area contributed by atoms with E-state index in [-0.39, 0.29) is 18.5 Å². The van der Waals surface area contributed by atoms with Gasteiger partial charge in [0.1, 0.15) is 6.54 Å². The molecule has 0 N–H and O–H groups in total. The van der Waals surface area contributed by atoms with Gasteiger partial charge in [0.25, 0.3) is 0 Å². The Morgan fingerprint density at radius 2 is 2.06 bits per heavy atom. The first-order valence-electron chi connectivity index (χ1n) is 5.04. The monoisotopic (exact) mass is 218 g/mol. The average molecular weight is 218 g/mol. The second-order valence-corrected chi connectivity index (χ2v) is 3.58.